The van der Waals surface area contributed by atoms with Crippen LogP contribution in [0.2, 0.25) is 0 Å². The molecule has 2 heterocycles. The molecule has 0 unspecified atom stereocenters. The number of aryl methyl sites for hydroxylation is 2. The Morgan fingerprint density at radius 1 is 1.13 bits per heavy atom. The zero-order valence-electron chi connectivity index (χ0n) is 17.0. The van der Waals surface area contributed by atoms with Crippen LogP contribution in [-0.2, 0) is 18.8 Å². The number of nitrogens with zero attached hydrogens (tertiary/aromatic N) is 2. The predicted octanol–water partition coefficient (Wildman–Crippen LogP) is 2.55. The molecule has 8 nitrogen and oxygen atoms in total. The molecule has 0 fully saturated rings. The maximum atomic E-state index is 12.8. The first-order valence-electron chi connectivity index (χ1n) is 9.18. The molecule has 9 heteroatoms. The summed E-state index contributed by atoms with van der Waals surface area (Å²) in [6.45, 7) is 3.84. The molecule has 0 saturated carbocycles. The number of carbonyl (C=O) groups excluding carboxylic acids is 2. The molecule has 1 aromatic carbocycles. The summed E-state index contributed by atoms with van der Waals surface area (Å²) >= 11 is 1.16. The minimum absolute atomic E-state index is 0.177. The van der Waals surface area contributed by atoms with Gasteiger partial charge in [-0.25, -0.2) is 9.59 Å². The number of benzene rings is 1. The Labute approximate surface area is 176 Å². The molecule has 0 saturated heterocycles. The van der Waals surface area contributed by atoms with Crippen molar-refractivity contribution < 1.29 is 14.3 Å². The first-order valence-corrected chi connectivity index (χ1v) is 10.1. The SMILES string of the molecule is CCOC(=O)c1c(-c2ccc(C)cc2)csc1NC(=O)c1cn(C)c(=O)n(C)c1=O. The summed E-state index contributed by atoms with van der Waals surface area (Å²) in [5.74, 6) is -1.29. The van der Waals surface area contributed by atoms with Gasteiger partial charge in [-0.1, -0.05) is 29.8 Å². The average molecular weight is 427 g/mol. The summed E-state index contributed by atoms with van der Waals surface area (Å²) in [5, 5.41) is 4.66. The van der Waals surface area contributed by atoms with E-state index in [1.807, 2.05) is 31.2 Å². The fraction of sp³-hybridized carbons (Fsp3) is 0.238. The van der Waals surface area contributed by atoms with E-state index in [9.17, 15) is 19.2 Å². The molecule has 0 radical (unpaired) electrons. The number of ether oxygens (including phenoxy) is 1. The Bertz CT molecular complexity index is 1240. The highest BCUT2D eigenvalue weighted by Gasteiger charge is 2.24. The van der Waals surface area contributed by atoms with Gasteiger partial charge in [0.25, 0.3) is 11.5 Å². The van der Waals surface area contributed by atoms with Gasteiger partial charge in [-0.05, 0) is 19.4 Å². The van der Waals surface area contributed by atoms with Crippen LogP contribution in [0.5, 0.6) is 0 Å². The molecular weight excluding hydrogens is 406 g/mol. The Kier molecular flexibility index (Phi) is 6.02. The molecule has 1 amide bonds. The first-order chi connectivity index (χ1) is 14.2. The first kappa shape index (κ1) is 21.3. The number of aromatic nitrogens is 2. The zero-order chi connectivity index (χ0) is 22.0. The molecule has 0 aliphatic carbocycles. The van der Waals surface area contributed by atoms with Gasteiger partial charge in [0, 0.05) is 31.2 Å². The van der Waals surface area contributed by atoms with Crippen LogP contribution in [0.3, 0.4) is 0 Å². The lowest BCUT2D eigenvalue weighted by Gasteiger charge is -2.10. The molecule has 156 valence electrons. The Hall–Kier alpha value is -3.46. The maximum absolute atomic E-state index is 12.8. The van der Waals surface area contributed by atoms with Gasteiger partial charge in [-0.3, -0.25) is 14.2 Å². The van der Waals surface area contributed by atoms with Crippen LogP contribution in [0, 0.1) is 6.92 Å². The van der Waals surface area contributed by atoms with Crippen molar-refractivity contribution in [1.29, 1.82) is 0 Å². The minimum atomic E-state index is -0.719. The van der Waals surface area contributed by atoms with E-state index in [-0.39, 0.29) is 22.7 Å². The second-order valence-corrected chi connectivity index (χ2v) is 7.57. The summed E-state index contributed by atoms with van der Waals surface area (Å²) in [6, 6.07) is 7.62. The smallest absolute Gasteiger partial charge is 0.341 e. The Balaban J connectivity index is 2.05. The molecule has 2 aromatic heterocycles. The molecule has 3 rings (SSSR count). The van der Waals surface area contributed by atoms with Crippen LogP contribution >= 0.6 is 11.3 Å². The van der Waals surface area contributed by atoms with Gasteiger partial charge in [0.2, 0.25) is 0 Å². The van der Waals surface area contributed by atoms with E-state index in [1.54, 1.807) is 12.3 Å². The number of nitrogens with one attached hydrogen (secondary N) is 1. The molecule has 0 aliphatic heterocycles. The summed E-state index contributed by atoms with van der Waals surface area (Å²) in [6.07, 6.45) is 1.18. The number of hydrogen-bond donors (Lipinski definition) is 1. The summed E-state index contributed by atoms with van der Waals surface area (Å²) in [7, 11) is 2.75. The quantitative estimate of drug-likeness (QED) is 0.631. The van der Waals surface area contributed by atoms with Crippen molar-refractivity contribution in [3.63, 3.8) is 0 Å². The van der Waals surface area contributed by atoms with Crippen molar-refractivity contribution in [2.24, 2.45) is 14.1 Å². The van der Waals surface area contributed by atoms with E-state index in [1.165, 1.54) is 20.3 Å². The molecule has 30 heavy (non-hydrogen) atoms. The topological polar surface area (TPSA) is 99.4 Å². The normalized spacial score (nSPS) is 10.7. The number of hydrogen-bond acceptors (Lipinski definition) is 6. The number of carbonyl (C=O) groups is 2. The molecule has 0 aliphatic rings. The van der Waals surface area contributed by atoms with Crippen molar-refractivity contribution >= 4 is 28.2 Å². The summed E-state index contributed by atoms with van der Waals surface area (Å²) in [4.78, 5) is 49.6. The maximum Gasteiger partial charge on any atom is 0.341 e. The van der Waals surface area contributed by atoms with E-state index in [2.05, 4.69) is 5.32 Å². The summed E-state index contributed by atoms with van der Waals surface area (Å²) in [5.41, 5.74) is 1.26. The van der Waals surface area contributed by atoms with Gasteiger partial charge in [-0.2, -0.15) is 0 Å². The monoisotopic (exact) mass is 427 g/mol. The fourth-order valence-corrected chi connectivity index (χ4v) is 3.89. The van der Waals surface area contributed by atoms with Crippen molar-refractivity contribution in [1.82, 2.24) is 9.13 Å². The highest BCUT2D eigenvalue weighted by molar-refractivity contribution is 7.15. The van der Waals surface area contributed by atoms with Gasteiger partial charge in [0.1, 0.15) is 16.1 Å². The van der Waals surface area contributed by atoms with E-state index >= 15 is 0 Å². The second-order valence-electron chi connectivity index (χ2n) is 6.69. The fourth-order valence-electron chi connectivity index (χ4n) is 2.94. The number of amides is 1. The summed E-state index contributed by atoms with van der Waals surface area (Å²) < 4.78 is 7.18. The van der Waals surface area contributed by atoms with Gasteiger partial charge in [0.05, 0.1) is 6.61 Å². The van der Waals surface area contributed by atoms with Gasteiger partial charge < -0.3 is 14.6 Å². The molecule has 0 atom stereocenters. The van der Waals surface area contributed by atoms with E-state index in [0.29, 0.717) is 5.56 Å². The average Bonchev–Trinajstić information content (AvgIpc) is 3.13. The molecule has 0 spiro atoms. The third-order valence-electron chi connectivity index (χ3n) is 4.55. The minimum Gasteiger partial charge on any atom is -0.462 e. The number of esters is 1. The third kappa shape index (κ3) is 3.97. The highest BCUT2D eigenvalue weighted by Crippen LogP contribution is 2.36. The number of rotatable bonds is 5. The van der Waals surface area contributed by atoms with Crippen LogP contribution < -0.4 is 16.6 Å². The van der Waals surface area contributed by atoms with Crippen LogP contribution in [0.25, 0.3) is 11.1 Å². The third-order valence-corrected chi connectivity index (χ3v) is 5.45. The lowest BCUT2D eigenvalue weighted by atomic mass is 10.0. The number of thiophene rings is 1. The van der Waals surface area contributed by atoms with Gasteiger partial charge in [-0.15, -0.1) is 11.3 Å². The van der Waals surface area contributed by atoms with Gasteiger partial charge in [0.15, 0.2) is 0 Å². The van der Waals surface area contributed by atoms with Crippen LogP contribution in [0.4, 0.5) is 5.00 Å². The largest absolute Gasteiger partial charge is 0.462 e. The zero-order valence-corrected chi connectivity index (χ0v) is 17.8. The van der Waals surface area contributed by atoms with Crippen molar-refractivity contribution in [3.8, 4) is 11.1 Å². The van der Waals surface area contributed by atoms with Crippen molar-refractivity contribution in [3.05, 3.63) is 73.4 Å². The lowest BCUT2D eigenvalue weighted by Crippen LogP contribution is -2.40. The molecule has 1 N–H and O–H groups in total. The molecular formula is C21H21N3O5S. The van der Waals surface area contributed by atoms with Crippen LogP contribution in [0.15, 0.2) is 45.4 Å². The Morgan fingerprint density at radius 3 is 2.43 bits per heavy atom. The van der Waals surface area contributed by atoms with Crippen molar-refractivity contribution in [2.45, 2.75) is 13.8 Å². The van der Waals surface area contributed by atoms with Gasteiger partial charge >= 0.3 is 11.7 Å². The predicted molar refractivity (Wildman–Crippen MR) is 115 cm³/mol. The number of anilines is 1. The van der Waals surface area contributed by atoms with Crippen LogP contribution in [0.1, 0.15) is 33.2 Å². The van der Waals surface area contributed by atoms with Crippen LogP contribution in [-0.4, -0.2) is 27.6 Å². The Morgan fingerprint density at radius 2 is 1.80 bits per heavy atom. The standard InChI is InChI=1S/C21H21N3O5S/c1-5-29-20(27)16-15(13-8-6-12(2)7-9-13)11-30-18(16)22-17(25)14-10-23(3)21(28)24(4)19(14)26/h6-11H,5H2,1-4H3,(H,22,25). The second kappa shape index (κ2) is 8.50. The van der Waals surface area contributed by atoms with E-state index in [4.69, 9.17) is 4.74 Å². The van der Waals surface area contributed by atoms with E-state index in [0.717, 1.165) is 31.6 Å². The highest BCUT2D eigenvalue weighted by atomic mass is 32.1. The molecule has 0 bridgehead atoms. The van der Waals surface area contributed by atoms with Crippen molar-refractivity contribution in [2.75, 3.05) is 11.9 Å². The lowest BCUT2D eigenvalue weighted by molar-refractivity contribution is 0.0529. The van der Waals surface area contributed by atoms with E-state index < -0.39 is 23.1 Å². The molecule has 3 aromatic rings.